The lowest BCUT2D eigenvalue weighted by Crippen LogP contribution is -2.39. The van der Waals surface area contributed by atoms with Crippen LogP contribution in [0.15, 0.2) is 24.3 Å². The average molecular weight is 273 g/mol. The van der Waals surface area contributed by atoms with Crippen molar-refractivity contribution in [3.63, 3.8) is 0 Å². The number of amides is 1. The van der Waals surface area contributed by atoms with Gasteiger partial charge in [-0.2, -0.15) is 0 Å². The molecule has 2 aliphatic heterocycles. The van der Waals surface area contributed by atoms with Gasteiger partial charge in [0.2, 0.25) is 5.91 Å². The van der Waals surface area contributed by atoms with Gasteiger partial charge in [0.15, 0.2) is 0 Å². The molecule has 3 heteroatoms. The average Bonchev–Trinajstić information content (AvgIpc) is 2.67. The summed E-state index contributed by atoms with van der Waals surface area (Å²) in [6, 6.07) is 8.41. The first-order valence-electron chi connectivity index (χ1n) is 7.75. The molecule has 0 spiro atoms. The lowest BCUT2D eigenvalue weighted by atomic mass is 9.95. The predicted octanol–water partition coefficient (Wildman–Crippen LogP) is 3.34. The number of hydrogen-bond acceptors (Lipinski definition) is 2. The fourth-order valence-electron chi connectivity index (χ4n) is 3.38. The van der Waals surface area contributed by atoms with Gasteiger partial charge in [-0.3, -0.25) is 4.79 Å². The van der Waals surface area contributed by atoms with Gasteiger partial charge < -0.3 is 9.64 Å². The van der Waals surface area contributed by atoms with E-state index >= 15 is 0 Å². The minimum absolute atomic E-state index is 0.144. The highest BCUT2D eigenvalue weighted by Gasteiger charge is 2.30. The van der Waals surface area contributed by atoms with Gasteiger partial charge >= 0.3 is 0 Å². The fourth-order valence-corrected chi connectivity index (χ4v) is 3.38. The fraction of sp³-hybridized carbons (Fsp3) is 0.588. The van der Waals surface area contributed by atoms with Crippen molar-refractivity contribution in [1.82, 2.24) is 0 Å². The molecule has 0 aliphatic carbocycles. The van der Waals surface area contributed by atoms with Crippen LogP contribution in [0, 0.1) is 5.92 Å². The van der Waals surface area contributed by atoms with Gasteiger partial charge in [0, 0.05) is 31.4 Å². The molecule has 3 rings (SSSR count). The number of benzene rings is 1. The highest BCUT2D eigenvalue weighted by atomic mass is 16.5. The number of carbonyl (C=O) groups excluding carboxylic acids is 1. The summed E-state index contributed by atoms with van der Waals surface area (Å²) in [5, 5.41) is 0. The summed E-state index contributed by atoms with van der Waals surface area (Å²) in [7, 11) is 0. The molecule has 1 saturated heterocycles. The predicted molar refractivity (Wildman–Crippen MR) is 80.0 cm³/mol. The molecular formula is C17H23NO2. The van der Waals surface area contributed by atoms with Crippen LogP contribution in [0.2, 0.25) is 0 Å². The van der Waals surface area contributed by atoms with Crippen LogP contribution in [0.3, 0.4) is 0 Å². The molecule has 0 aromatic heterocycles. The van der Waals surface area contributed by atoms with Crippen LogP contribution in [0.4, 0.5) is 5.69 Å². The van der Waals surface area contributed by atoms with Gasteiger partial charge in [0.25, 0.3) is 0 Å². The van der Waals surface area contributed by atoms with Crippen molar-refractivity contribution < 1.29 is 9.53 Å². The summed E-state index contributed by atoms with van der Waals surface area (Å²) < 4.78 is 5.38. The monoisotopic (exact) mass is 273 g/mol. The van der Waals surface area contributed by atoms with E-state index in [1.165, 1.54) is 5.56 Å². The maximum atomic E-state index is 12.8. The quantitative estimate of drug-likeness (QED) is 0.785. The van der Waals surface area contributed by atoms with E-state index in [1.54, 1.807) is 0 Å². The normalized spacial score (nSPS) is 24.1. The van der Waals surface area contributed by atoms with E-state index in [-0.39, 0.29) is 5.92 Å². The van der Waals surface area contributed by atoms with Crippen molar-refractivity contribution in [3.05, 3.63) is 29.8 Å². The van der Waals surface area contributed by atoms with Crippen LogP contribution in [0.1, 0.15) is 44.1 Å². The van der Waals surface area contributed by atoms with Gasteiger partial charge in [0.1, 0.15) is 0 Å². The maximum absolute atomic E-state index is 12.8. The standard InChI is InChI=1S/C17H23NO2/c1-13-5-4-10-18(16-7-3-2-6-15(13)16)17(19)14-8-11-20-12-9-14/h2-3,6-7,13-14H,4-5,8-12H2,1H3/t13-/m0/s1. The molecule has 0 saturated carbocycles. The minimum atomic E-state index is 0.144. The molecule has 1 atom stereocenters. The van der Waals surface area contributed by atoms with Crippen molar-refractivity contribution in [2.75, 3.05) is 24.7 Å². The Kier molecular flexibility index (Phi) is 4.06. The van der Waals surface area contributed by atoms with Crippen molar-refractivity contribution in [2.24, 2.45) is 5.92 Å². The largest absolute Gasteiger partial charge is 0.381 e. The molecule has 0 bridgehead atoms. The summed E-state index contributed by atoms with van der Waals surface area (Å²) in [5.41, 5.74) is 2.46. The second-order valence-corrected chi connectivity index (χ2v) is 5.98. The molecule has 0 N–H and O–H groups in total. The zero-order valence-electron chi connectivity index (χ0n) is 12.2. The first-order chi connectivity index (χ1) is 9.77. The number of carbonyl (C=O) groups is 1. The van der Waals surface area contributed by atoms with E-state index in [1.807, 2.05) is 11.0 Å². The highest BCUT2D eigenvalue weighted by molar-refractivity contribution is 5.96. The maximum Gasteiger partial charge on any atom is 0.230 e. The van der Waals surface area contributed by atoms with Crippen LogP contribution >= 0.6 is 0 Å². The molecule has 1 aromatic rings. The van der Waals surface area contributed by atoms with Crippen molar-refractivity contribution in [1.29, 1.82) is 0 Å². The topological polar surface area (TPSA) is 29.5 Å². The molecule has 0 unspecified atom stereocenters. The number of hydrogen-bond donors (Lipinski definition) is 0. The Balaban J connectivity index is 1.88. The molecule has 20 heavy (non-hydrogen) atoms. The van der Waals surface area contributed by atoms with Gasteiger partial charge in [-0.05, 0) is 43.2 Å². The van der Waals surface area contributed by atoms with E-state index in [0.717, 1.165) is 51.1 Å². The smallest absolute Gasteiger partial charge is 0.230 e. The van der Waals surface area contributed by atoms with Crippen LogP contribution < -0.4 is 4.90 Å². The van der Waals surface area contributed by atoms with E-state index in [9.17, 15) is 4.79 Å². The van der Waals surface area contributed by atoms with Gasteiger partial charge in [-0.1, -0.05) is 25.1 Å². The molecule has 3 nitrogen and oxygen atoms in total. The van der Waals surface area contributed by atoms with Gasteiger partial charge in [0.05, 0.1) is 0 Å². The van der Waals surface area contributed by atoms with Crippen LogP contribution in [-0.4, -0.2) is 25.7 Å². The number of anilines is 1. The Morgan fingerprint density at radius 2 is 1.95 bits per heavy atom. The molecular weight excluding hydrogens is 250 g/mol. The number of fused-ring (bicyclic) bond motifs is 1. The van der Waals surface area contributed by atoms with Gasteiger partial charge in [-0.15, -0.1) is 0 Å². The molecule has 0 radical (unpaired) electrons. The lowest BCUT2D eigenvalue weighted by Gasteiger charge is -2.29. The summed E-state index contributed by atoms with van der Waals surface area (Å²) in [5.74, 6) is 0.985. The van der Waals surface area contributed by atoms with Crippen molar-refractivity contribution in [2.45, 2.75) is 38.5 Å². The van der Waals surface area contributed by atoms with E-state index < -0.39 is 0 Å². The lowest BCUT2D eigenvalue weighted by molar-refractivity contribution is -0.125. The molecule has 108 valence electrons. The Morgan fingerprint density at radius 3 is 2.75 bits per heavy atom. The first-order valence-corrected chi connectivity index (χ1v) is 7.75. The summed E-state index contributed by atoms with van der Waals surface area (Å²) in [4.78, 5) is 14.9. The summed E-state index contributed by atoms with van der Waals surface area (Å²) in [6.07, 6.45) is 3.99. The second-order valence-electron chi connectivity index (χ2n) is 5.98. The highest BCUT2D eigenvalue weighted by Crippen LogP contribution is 2.35. The number of nitrogens with zero attached hydrogens (tertiary/aromatic N) is 1. The zero-order chi connectivity index (χ0) is 13.9. The summed E-state index contributed by atoms with van der Waals surface area (Å²) in [6.45, 7) is 4.57. The number of ether oxygens (including phenoxy) is 1. The molecule has 2 aliphatic rings. The van der Waals surface area contributed by atoms with Crippen LogP contribution in [0.25, 0.3) is 0 Å². The number of rotatable bonds is 1. The Labute approximate surface area is 120 Å². The summed E-state index contributed by atoms with van der Waals surface area (Å²) >= 11 is 0. The van der Waals surface area contributed by atoms with Crippen molar-refractivity contribution >= 4 is 11.6 Å². The van der Waals surface area contributed by atoms with E-state index in [4.69, 9.17) is 4.74 Å². The third-order valence-corrected chi connectivity index (χ3v) is 4.61. The first kappa shape index (κ1) is 13.6. The Morgan fingerprint density at radius 1 is 1.20 bits per heavy atom. The SMILES string of the molecule is C[C@H]1CCCN(C(=O)C2CCOCC2)c2ccccc21. The Bertz CT molecular complexity index is 480. The van der Waals surface area contributed by atoms with Crippen molar-refractivity contribution in [3.8, 4) is 0 Å². The zero-order valence-corrected chi connectivity index (χ0v) is 12.2. The Hall–Kier alpha value is -1.35. The van der Waals surface area contributed by atoms with E-state index in [0.29, 0.717) is 11.8 Å². The van der Waals surface area contributed by atoms with Crippen LogP contribution in [-0.2, 0) is 9.53 Å². The molecule has 1 aromatic carbocycles. The third-order valence-electron chi connectivity index (χ3n) is 4.61. The number of para-hydroxylation sites is 1. The van der Waals surface area contributed by atoms with Gasteiger partial charge in [-0.25, -0.2) is 0 Å². The molecule has 1 fully saturated rings. The molecule has 2 heterocycles. The molecule has 1 amide bonds. The second kappa shape index (κ2) is 5.96. The van der Waals surface area contributed by atoms with Crippen LogP contribution in [0.5, 0.6) is 0 Å². The van der Waals surface area contributed by atoms with E-state index in [2.05, 4.69) is 25.1 Å². The minimum Gasteiger partial charge on any atom is -0.381 e. The third kappa shape index (κ3) is 2.59.